The van der Waals surface area contributed by atoms with Crippen LogP contribution in [0, 0.1) is 6.92 Å². The summed E-state index contributed by atoms with van der Waals surface area (Å²) in [5.74, 6) is 0. The maximum Gasteiger partial charge on any atom is 0.416 e. The van der Waals surface area contributed by atoms with Gasteiger partial charge in [-0.25, -0.2) is 0 Å². The van der Waals surface area contributed by atoms with Crippen molar-refractivity contribution < 1.29 is 13.2 Å². The molecule has 1 atom stereocenters. The first-order valence-corrected chi connectivity index (χ1v) is 20.0. The molecule has 4 aromatic rings. The number of rotatable bonds is 15. The predicted molar refractivity (Wildman–Crippen MR) is 218 cm³/mol. The van der Waals surface area contributed by atoms with E-state index < -0.39 is 11.7 Å². The average Bonchev–Trinajstić information content (AvgIpc) is 3.16. The molecule has 2 aliphatic carbocycles. The van der Waals surface area contributed by atoms with E-state index in [4.69, 9.17) is 17.2 Å². The second-order valence-electron chi connectivity index (χ2n) is 14.9. The number of thiocarbonyl (C=S) groups is 1. The number of hydrogen-bond donors (Lipinski definition) is 0. The van der Waals surface area contributed by atoms with Crippen LogP contribution in [0.25, 0.3) is 11.1 Å². The van der Waals surface area contributed by atoms with Crippen molar-refractivity contribution in [1.29, 1.82) is 0 Å². The number of unbranched alkanes of at least 4 members (excludes halogenated alkanes) is 1. The highest BCUT2D eigenvalue weighted by atomic mass is 32.1. The van der Waals surface area contributed by atoms with E-state index >= 15 is 0 Å². The molecule has 1 unspecified atom stereocenters. The van der Waals surface area contributed by atoms with Crippen LogP contribution in [-0.2, 0) is 38.3 Å². The maximum atomic E-state index is 13.1. The van der Waals surface area contributed by atoms with Gasteiger partial charge in [-0.05, 0) is 147 Å². The van der Waals surface area contributed by atoms with E-state index in [9.17, 15) is 13.2 Å². The predicted octanol–water partition coefficient (Wildman–Crippen LogP) is 12.6. The number of benzene rings is 3. The fourth-order valence-corrected chi connectivity index (χ4v) is 8.20. The van der Waals surface area contributed by atoms with Crippen molar-refractivity contribution in [2.45, 2.75) is 110 Å². The van der Waals surface area contributed by atoms with Crippen LogP contribution in [0.1, 0.15) is 110 Å². The third-order valence-corrected chi connectivity index (χ3v) is 11.6. The van der Waals surface area contributed by atoms with Crippen LogP contribution in [0.3, 0.4) is 0 Å². The second kappa shape index (κ2) is 18.0. The first-order valence-electron chi connectivity index (χ1n) is 19.5. The topological polar surface area (TPSA) is 16.1 Å². The van der Waals surface area contributed by atoms with Crippen LogP contribution in [0.2, 0.25) is 0 Å². The molecule has 278 valence electrons. The van der Waals surface area contributed by atoms with Crippen LogP contribution in [0.15, 0.2) is 102 Å². The van der Waals surface area contributed by atoms with E-state index in [-0.39, 0.29) is 0 Å². The zero-order chi connectivity index (χ0) is 37.4. The van der Waals surface area contributed by atoms with E-state index in [0.29, 0.717) is 6.04 Å². The van der Waals surface area contributed by atoms with Crippen molar-refractivity contribution in [2.75, 3.05) is 13.1 Å². The molecule has 0 bridgehead atoms. The number of aryl methyl sites for hydroxylation is 5. The van der Waals surface area contributed by atoms with E-state index in [2.05, 4.69) is 79.4 Å². The average molecular weight is 735 g/mol. The summed E-state index contributed by atoms with van der Waals surface area (Å²) in [5.41, 5.74) is 13.1. The van der Waals surface area contributed by atoms with Crippen molar-refractivity contribution in [3.05, 3.63) is 147 Å². The van der Waals surface area contributed by atoms with Gasteiger partial charge < -0.3 is 0 Å². The normalized spacial score (nSPS) is 15.9. The Morgan fingerprint density at radius 2 is 1.51 bits per heavy atom. The molecule has 0 radical (unpaired) electrons. The lowest BCUT2D eigenvalue weighted by Gasteiger charge is -2.36. The number of alkyl halides is 3. The molecule has 3 aromatic carbocycles. The summed E-state index contributed by atoms with van der Waals surface area (Å²) in [4.78, 5) is 8.94. The molecule has 0 saturated heterocycles. The number of halogens is 3. The third kappa shape index (κ3) is 10.2. The number of fused-ring (bicyclic) bond motifs is 1. The molecule has 2 nitrogen and oxygen atoms in total. The summed E-state index contributed by atoms with van der Waals surface area (Å²) < 4.78 is 39.3. The van der Waals surface area contributed by atoms with Gasteiger partial charge in [0.15, 0.2) is 0 Å². The van der Waals surface area contributed by atoms with E-state index in [1.807, 2.05) is 13.0 Å². The van der Waals surface area contributed by atoms with Gasteiger partial charge >= 0.3 is 6.18 Å². The van der Waals surface area contributed by atoms with E-state index in [0.717, 1.165) is 98.1 Å². The lowest BCUT2D eigenvalue weighted by Crippen LogP contribution is -2.34. The Hall–Kier alpha value is -3.87. The van der Waals surface area contributed by atoms with E-state index in [1.54, 1.807) is 12.1 Å². The Labute approximate surface area is 320 Å². The third-order valence-electron chi connectivity index (χ3n) is 11.3. The molecular formula is C47H53F3N2S. The number of aromatic nitrogens is 1. The number of hydrogen-bond acceptors (Lipinski definition) is 3. The van der Waals surface area contributed by atoms with Gasteiger partial charge in [0.25, 0.3) is 0 Å². The van der Waals surface area contributed by atoms with Gasteiger partial charge in [-0.2, -0.15) is 13.2 Å². The highest BCUT2D eigenvalue weighted by Crippen LogP contribution is 2.36. The molecule has 2 aliphatic rings. The minimum absolute atomic E-state index is 0.378. The Balaban J connectivity index is 1.16. The highest BCUT2D eigenvalue weighted by Gasteiger charge is 2.30. The van der Waals surface area contributed by atoms with Crippen LogP contribution in [-0.4, -0.2) is 27.8 Å². The number of pyridine rings is 1. The highest BCUT2D eigenvalue weighted by molar-refractivity contribution is 7.80. The fourth-order valence-electron chi connectivity index (χ4n) is 8.03. The molecule has 1 aromatic heterocycles. The molecule has 0 spiro atoms. The molecule has 1 heterocycles. The van der Waals surface area contributed by atoms with Crippen molar-refractivity contribution in [2.24, 2.45) is 0 Å². The van der Waals surface area contributed by atoms with Gasteiger partial charge in [0.2, 0.25) is 0 Å². The molecule has 6 heteroatoms. The van der Waals surface area contributed by atoms with Gasteiger partial charge in [-0.1, -0.05) is 104 Å². The zero-order valence-electron chi connectivity index (χ0n) is 31.6. The first kappa shape index (κ1) is 38.8. The summed E-state index contributed by atoms with van der Waals surface area (Å²) in [6.07, 6.45) is 13.1. The van der Waals surface area contributed by atoms with Gasteiger partial charge in [0.05, 0.1) is 5.56 Å². The quantitative estimate of drug-likeness (QED) is 0.113. The Morgan fingerprint density at radius 1 is 0.792 bits per heavy atom. The molecule has 0 amide bonds. The Morgan fingerprint density at radius 3 is 2.19 bits per heavy atom. The minimum atomic E-state index is -4.33. The Kier molecular flexibility index (Phi) is 13.2. The maximum absolute atomic E-state index is 13.1. The zero-order valence-corrected chi connectivity index (χ0v) is 32.4. The van der Waals surface area contributed by atoms with Crippen LogP contribution >= 0.6 is 12.2 Å². The summed E-state index contributed by atoms with van der Waals surface area (Å²) >= 11 is 5.46. The number of nitrogens with zero attached hydrogens (tertiary/aromatic N) is 2. The molecule has 0 fully saturated rings. The van der Waals surface area contributed by atoms with Gasteiger partial charge in [-0.3, -0.25) is 9.88 Å². The Bertz CT molecular complexity index is 1940. The van der Waals surface area contributed by atoms with Gasteiger partial charge in [0, 0.05) is 35.4 Å². The fraction of sp³-hybridized carbons (Fsp3) is 0.404. The second-order valence-corrected chi connectivity index (χ2v) is 15.6. The van der Waals surface area contributed by atoms with Crippen molar-refractivity contribution in [3.8, 4) is 11.1 Å². The lowest BCUT2D eigenvalue weighted by molar-refractivity contribution is -0.137. The minimum Gasteiger partial charge on any atom is -0.296 e. The summed E-state index contributed by atoms with van der Waals surface area (Å²) in [7, 11) is 0. The van der Waals surface area contributed by atoms with Crippen LogP contribution < -0.4 is 0 Å². The summed E-state index contributed by atoms with van der Waals surface area (Å²) in [5, 5.41) is 0. The standard InChI is InChI=1S/C47H53F3N2S/c1-4-5-11-43-26-27-44-45(51-43)12-8-13-46(44)52(30-28-35-14-16-37(17-15-35)34(3)53)31-29-39-10-7-6-9-38(39)20-18-36-19-21-41(32-33(36)2)40-22-24-42(25-23-40)47(48,49)50/h6-7,9-10,14,16,19,21-27,32,46H,4-5,8,11-13,15,17-18,20,28-31H2,1-3H3. The van der Waals surface area contributed by atoms with Crippen molar-refractivity contribution >= 4 is 17.1 Å². The molecular weight excluding hydrogens is 682 g/mol. The van der Waals surface area contributed by atoms with Crippen molar-refractivity contribution in [1.82, 2.24) is 9.88 Å². The molecule has 53 heavy (non-hydrogen) atoms. The molecule has 6 rings (SSSR count). The number of allylic oxidation sites excluding steroid dienone is 3. The summed E-state index contributed by atoms with van der Waals surface area (Å²) in [6, 6.07) is 25.7. The van der Waals surface area contributed by atoms with Gasteiger partial charge in [0.1, 0.15) is 0 Å². The first-order chi connectivity index (χ1) is 25.6. The smallest absolute Gasteiger partial charge is 0.296 e. The van der Waals surface area contributed by atoms with E-state index in [1.165, 1.54) is 70.5 Å². The molecule has 0 N–H and O–H groups in total. The van der Waals surface area contributed by atoms with Crippen LogP contribution in [0.4, 0.5) is 13.2 Å². The molecule has 0 saturated carbocycles. The lowest BCUT2D eigenvalue weighted by atomic mass is 9.88. The SMILES string of the molecule is CCCCc1ccc2c(n1)CCCC2N(CCC1=CC=C(C(C)=S)CC1)CCc1ccccc1CCc1ccc(-c2ccc(C(F)(F)F)cc2)cc1C. The van der Waals surface area contributed by atoms with Crippen molar-refractivity contribution in [3.63, 3.8) is 0 Å². The largest absolute Gasteiger partial charge is 0.416 e. The van der Waals surface area contributed by atoms with Gasteiger partial charge in [-0.15, -0.1) is 0 Å². The molecule has 0 aliphatic heterocycles. The monoisotopic (exact) mass is 734 g/mol. The summed E-state index contributed by atoms with van der Waals surface area (Å²) in [6.45, 7) is 8.40. The van der Waals surface area contributed by atoms with Crippen LogP contribution in [0.5, 0.6) is 0 Å².